The number of ether oxygens (including phenoxy) is 2. The minimum absolute atomic E-state index is 0. The van der Waals surface area contributed by atoms with Crippen LogP contribution < -0.4 is 0 Å². The van der Waals surface area contributed by atoms with Crippen molar-refractivity contribution in [2.24, 2.45) is 5.92 Å². The average molecular weight is 219 g/mol. The molecule has 1 saturated heterocycles. The number of carbonyl (C=O) groups excluding carboxylic acids is 1. The third kappa shape index (κ3) is 2.97. The van der Waals surface area contributed by atoms with E-state index in [0.717, 1.165) is 12.5 Å². The van der Waals surface area contributed by atoms with Crippen LogP contribution in [0.4, 0.5) is 0 Å². The number of esters is 1. The van der Waals surface area contributed by atoms with E-state index in [0.29, 0.717) is 12.9 Å². The maximum absolute atomic E-state index is 10.7. The molecular weight excluding hydrogens is 208 g/mol. The van der Waals surface area contributed by atoms with Gasteiger partial charge in [-0.2, -0.15) is 0 Å². The maximum Gasteiger partial charge on any atom is 1.00 e. The van der Waals surface area contributed by atoms with Crippen molar-refractivity contribution in [2.45, 2.75) is 13.3 Å². The molecule has 0 aromatic carbocycles. The SMILES string of the molecule is C=CC(=O)O[C-]1OCCC1C.[Cu+]. The monoisotopic (exact) mass is 218 g/mol. The summed E-state index contributed by atoms with van der Waals surface area (Å²) in [6.45, 7) is 5.88. The normalized spacial score (nSPS) is 22.9. The molecule has 1 aliphatic heterocycles. The van der Waals surface area contributed by atoms with Crippen LogP contribution in [0.2, 0.25) is 0 Å². The summed E-state index contributed by atoms with van der Waals surface area (Å²) in [7, 11) is 0. The molecule has 1 aliphatic rings. The summed E-state index contributed by atoms with van der Waals surface area (Å²) in [5, 5.41) is 0. The Morgan fingerprint density at radius 3 is 2.92 bits per heavy atom. The van der Waals surface area contributed by atoms with Gasteiger partial charge in [0.25, 0.3) is 0 Å². The van der Waals surface area contributed by atoms with Gasteiger partial charge in [-0.1, -0.05) is 19.9 Å². The van der Waals surface area contributed by atoms with Gasteiger partial charge in [0, 0.05) is 12.7 Å². The maximum atomic E-state index is 10.7. The molecule has 0 radical (unpaired) electrons. The molecule has 3 nitrogen and oxygen atoms in total. The van der Waals surface area contributed by atoms with E-state index in [2.05, 4.69) is 6.58 Å². The van der Waals surface area contributed by atoms with E-state index < -0.39 is 5.97 Å². The van der Waals surface area contributed by atoms with Gasteiger partial charge in [0.05, 0.1) is 0 Å². The van der Waals surface area contributed by atoms with E-state index in [-0.39, 0.29) is 23.0 Å². The molecule has 1 fully saturated rings. The minimum atomic E-state index is -0.450. The van der Waals surface area contributed by atoms with Gasteiger partial charge in [-0.3, -0.25) is 0 Å². The second kappa shape index (κ2) is 5.36. The fourth-order valence-electron chi connectivity index (χ4n) is 0.867. The first-order chi connectivity index (χ1) is 5.24. The number of carbonyl (C=O) groups is 1. The van der Waals surface area contributed by atoms with Crippen molar-refractivity contribution in [3.05, 3.63) is 18.9 Å². The molecule has 0 saturated carbocycles. The predicted octanol–water partition coefficient (Wildman–Crippen LogP) is 1.26. The summed E-state index contributed by atoms with van der Waals surface area (Å²) in [5.74, 6) is -0.229. The van der Waals surface area contributed by atoms with E-state index in [1.54, 1.807) is 0 Å². The molecule has 0 amide bonds. The summed E-state index contributed by atoms with van der Waals surface area (Å²) in [5.41, 5.74) is 0. The van der Waals surface area contributed by atoms with E-state index in [1.807, 2.05) is 6.92 Å². The van der Waals surface area contributed by atoms with Crippen molar-refractivity contribution < 1.29 is 31.3 Å². The second-order valence-electron chi connectivity index (χ2n) is 2.48. The van der Waals surface area contributed by atoms with Gasteiger partial charge in [-0.15, -0.1) is 5.92 Å². The molecule has 0 bridgehead atoms. The van der Waals surface area contributed by atoms with Crippen LogP contribution in [0.3, 0.4) is 0 Å². The molecule has 1 heterocycles. The van der Waals surface area contributed by atoms with Crippen molar-refractivity contribution in [1.29, 1.82) is 0 Å². The van der Waals surface area contributed by atoms with E-state index >= 15 is 0 Å². The van der Waals surface area contributed by atoms with Crippen LogP contribution in [0.5, 0.6) is 0 Å². The Hall–Kier alpha value is -0.311. The summed E-state index contributed by atoms with van der Waals surface area (Å²) in [6.07, 6.45) is 2.47. The smallest absolute Gasteiger partial charge is 0.603 e. The predicted molar refractivity (Wildman–Crippen MR) is 39.3 cm³/mol. The van der Waals surface area contributed by atoms with Crippen molar-refractivity contribution in [3.8, 4) is 0 Å². The zero-order chi connectivity index (χ0) is 8.27. The summed E-state index contributed by atoms with van der Waals surface area (Å²) >= 11 is 0. The number of hydrogen-bond donors (Lipinski definition) is 0. The third-order valence-corrected chi connectivity index (χ3v) is 1.57. The van der Waals surface area contributed by atoms with E-state index in [1.165, 1.54) is 0 Å². The molecule has 0 spiro atoms. The molecule has 1 atom stereocenters. The van der Waals surface area contributed by atoms with Crippen molar-refractivity contribution in [2.75, 3.05) is 6.61 Å². The first-order valence-electron chi connectivity index (χ1n) is 3.58. The van der Waals surface area contributed by atoms with Crippen LogP contribution in [-0.4, -0.2) is 12.6 Å². The molecule has 4 heteroatoms. The van der Waals surface area contributed by atoms with Gasteiger partial charge in [0.1, 0.15) is 0 Å². The second-order valence-corrected chi connectivity index (χ2v) is 2.48. The fraction of sp³-hybridized carbons (Fsp3) is 0.500. The van der Waals surface area contributed by atoms with Crippen molar-refractivity contribution in [3.63, 3.8) is 0 Å². The Labute approximate surface area is 82.6 Å². The fourth-order valence-corrected chi connectivity index (χ4v) is 0.867. The standard InChI is InChI=1S/C8H11O3.Cu/c1-3-7(9)11-8-6(2)4-5-10-8;/h3,6H,1,4-5H2,2H3;/q-1;+1. The van der Waals surface area contributed by atoms with Gasteiger partial charge < -0.3 is 9.47 Å². The van der Waals surface area contributed by atoms with Crippen molar-refractivity contribution in [1.82, 2.24) is 0 Å². The minimum Gasteiger partial charge on any atom is -0.603 e. The van der Waals surface area contributed by atoms with Gasteiger partial charge in [0.2, 0.25) is 0 Å². The Morgan fingerprint density at radius 2 is 2.50 bits per heavy atom. The first-order valence-corrected chi connectivity index (χ1v) is 3.58. The molecule has 1 rings (SSSR count). The molecule has 1 unspecified atom stereocenters. The van der Waals surface area contributed by atoms with E-state index in [4.69, 9.17) is 9.47 Å². The molecule has 0 aromatic rings. The van der Waals surface area contributed by atoms with Crippen LogP contribution in [0.25, 0.3) is 0 Å². The Morgan fingerprint density at radius 1 is 1.83 bits per heavy atom. The molecular formula is C8H11CuO3. The molecule has 0 N–H and O–H groups in total. The van der Waals surface area contributed by atoms with Crippen molar-refractivity contribution >= 4 is 5.97 Å². The van der Waals surface area contributed by atoms with Gasteiger partial charge in [-0.25, -0.2) is 4.79 Å². The first kappa shape index (κ1) is 11.7. The molecule has 0 aliphatic carbocycles. The zero-order valence-electron chi connectivity index (χ0n) is 6.80. The molecule has 0 aromatic heterocycles. The summed E-state index contributed by atoms with van der Waals surface area (Å²) in [4.78, 5) is 10.7. The van der Waals surface area contributed by atoms with Crippen LogP contribution in [-0.2, 0) is 31.3 Å². The van der Waals surface area contributed by atoms with Gasteiger partial charge in [-0.05, 0) is 6.29 Å². The quantitative estimate of drug-likeness (QED) is 0.303. The molecule has 72 valence electrons. The van der Waals surface area contributed by atoms with Gasteiger partial charge >= 0.3 is 23.0 Å². The third-order valence-electron chi connectivity index (χ3n) is 1.57. The Kier molecular flexibility index (Phi) is 5.22. The number of rotatable bonds is 2. The van der Waals surface area contributed by atoms with Gasteiger partial charge in [0.15, 0.2) is 0 Å². The largest absolute Gasteiger partial charge is 1.00 e. The Balaban J connectivity index is 0.00000121. The Bertz CT molecular complexity index is 170. The summed E-state index contributed by atoms with van der Waals surface area (Å²) < 4.78 is 9.87. The van der Waals surface area contributed by atoms with Crippen LogP contribution >= 0.6 is 0 Å². The van der Waals surface area contributed by atoms with Crippen LogP contribution in [0.1, 0.15) is 13.3 Å². The average Bonchev–Trinajstić information content (AvgIpc) is 2.37. The van der Waals surface area contributed by atoms with Crippen LogP contribution in [0.15, 0.2) is 12.7 Å². The van der Waals surface area contributed by atoms with E-state index in [9.17, 15) is 4.79 Å². The zero-order valence-corrected chi connectivity index (χ0v) is 7.74. The number of hydrogen-bond acceptors (Lipinski definition) is 3. The van der Waals surface area contributed by atoms with Crippen LogP contribution in [0, 0.1) is 12.2 Å². The topological polar surface area (TPSA) is 35.5 Å². The molecule has 12 heavy (non-hydrogen) atoms. The summed E-state index contributed by atoms with van der Waals surface area (Å²) in [6, 6.07) is 0.